The third-order valence-electron chi connectivity index (χ3n) is 14.7. The molecule has 12 aromatic rings. The van der Waals surface area contributed by atoms with Crippen LogP contribution in [0.5, 0.6) is 23.3 Å². The van der Waals surface area contributed by atoms with Crippen LogP contribution in [0.15, 0.2) is 168 Å². The lowest BCUT2D eigenvalue weighted by Gasteiger charge is -2.14. The Balaban J connectivity index is 0.000000170. The van der Waals surface area contributed by atoms with E-state index in [2.05, 4.69) is 24.9 Å². The molecule has 6 heterocycles. The van der Waals surface area contributed by atoms with E-state index in [0.717, 1.165) is 44.4 Å². The van der Waals surface area contributed by atoms with Crippen LogP contribution < -0.4 is 20.3 Å². The summed E-state index contributed by atoms with van der Waals surface area (Å²) in [6.45, 7) is 7.30. The molecule has 0 fully saturated rings. The molecule has 0 amide bonds. The number of halogens is 2. The molecule has 0 unspecified atom stereocenters. The molecule has 12 rings (SSSR count). The number of pyridine rings is 2. The molecular weight excluding hydrogens is 1030 g/mol. The van der Waals surface area contributed by atoms with E-state index >= 15 is 8.78 Å². The first-order valence-corrected chi connectivity index (χ1v) is 26.0. The first kappa shape index (κ1) is 52.8. The van der Waals surface area contributed by atoms with Gasteiger partial charge in [0.15, 0.2) is 45.6 Å². The number of ketones is 2. The van der Waals surface area contributed by atoms with Crippen LogP contribution in [-0.4, -0.2) is 50.2 Å². The molecular formula is C65H52F2N8O6. The standard InChI is InChI=1S/C33H27FN4O3.C32H25FN4O3/c1-19-10-12-26-23(14-19)31(40)29(20(2)38(26)4)27(39)16-21-11-13-28(25(34)15-21)41-33-30-24(22-8-6-5-7-9-22)17-37(3)32(30)35-18-36-33;1-18-9-11-25-22(13-18)30(39)28(19(2)37(25)3)26(38)15-20-10-12-27(24(33)14-20)40-32-29-23(21-7-5-4-6-8-21)16-34-31(29)35-17-36-32/h5-15,17-18H,16H2,1-4H3;4-14,16-17H,15H2,1-3H3,(H,34,35,36). The molecule has 0 aliphatic rings. The van der Waals surface area contributed by atoms with E-state index < -0.39 is 11.6 Å². The van der Waals surface area contributed by atoms with Crippen molar-refractivity contribution in [2.24, 2.45) is 21.1 Å². The van der Waals surface area contributed by atoms with Gasteiger partial charge in [0.25, 0.3) is 0 Å². The molecule has 81 heavy (non-hydrogen) atoms. The Morgan fingerprint density at radius 3 is 1.51 bits per heavy atom. The highest BCUT2D eigenvalue weighted by Crippen LogP contribution is 2.38. The van der Waals surface area contributed by atoms with Gasteiger partial charge >= 0.3 is 0 Å². The maximum absolute atomic E-state index is 15.3. The predicted molar refractivity (Wildman–Crippen MR) is 310 cm³/mol. The molecule has 0 saturated carbocycles. The number of ether oxygens (including phenoxy) is 2. The number of hydrogen-bond donors (Lipinski definition) is 1. The lowest BCUT2D eigenvalue weighted by Crippen LogP contribution is -2.23. The number of aromatic nitrogens is 8. The fourth-order valence-corrected chi connectivity index (χ4v) is 10.4. The topological polar surface area (TPSA) is 169 Å². The molecule has 14 nitrogen and oxygen atoms in total. The molecule has 0 bridgehead atoms. The summed E-state index contributed by atoms with van der Waals surface area (Å²) < 4.78 is 48.1. The summed E-state index contributed by atoms with van der Waals surface area (Å²) in [4.78, 5) is 73.6. The Labute approximate surface area is 462 Å². The minimum atomic E-state index is -0.646. The fourth-order valence-electron chi connectivity index (χ4n) is 10.4. The number of nitrogens with one attached hydrogen (secondary N) is 1. The SMILES string of the molecule is Cc1ccc2c(c1)c(=O)c(C(=O)Cc1ccc(Oc3ncnc4[nH]cc(-c5ccccc5)c34)c(F)c1)c(C)n2C.Cc1ccc2c(c1)c(=O)c(C(=O)Cc1ccc(Oc3ncnc4c3c(-c3ccccc3)cn4C)c(F)c1)c(C)n2C. The number of benzene rings is 6. The number of aryl methyl sites for hydroxylation is 5. The summed E-state index contributed by atoms with van der Waals surface area (Å²) in [6.07, 6.45) is 6.23. The Kier molecular flexibility index (Phi) is 14.0. The van der Waals surface area contributed by atoms with E-state index in [9.17, 15) is 19.2 Å². The van der Waals surface area contributed by atoms with Crippen molar-refractivity contribution in [2.75, 3.05) is 0 Å². The first-order valence-electron chi connectivity index (χ1n) is 26.0. The Morgan fingerprint density at radius 1 is 0.543 bits per heavy atom. The van der Waals surface area contributed by atoms with Crippen molar-refractivity contribution in [2.45, 2.75) is 40.5 Å². The minimum Gasteiger partial charge on any atom is -0.435 e. The number of carbonyl (C=O) groups excluding carboxylic acids is 2. The van der Waals surface area contributed by atoms with Crippen LogP contribution in [0.3, 0.4) is 0 Å². The van der Waals surface area contributed by atoms with Crippen molar-refractivity contribution >= 4 is 55.4 Å². The zero-order chi connectivity index (χ0) is 56.8. The van der Waals surface area contributed by atoms with Crippen LogP contribution in [0, 0.1) is 39.3 Å². The highest BCUT2D eigenvalue weighted by Gasteiger charge is 2.24. The van der Waals surface area contributed by atoms with Gasteiger partial charge in [0.1, 0.15) is 23.9 Å². The van der Waals surface area contributed by atoms with Gasteiger partial charge in [-0.05, 0) is 98.5 Å². The average Bonchev–Trinajstić information content (AvgIpc) is 4.09. The monoisotopic (exact) mass is 1080 g/mol. The third-order valence-corrected chi connectivity index (χ3v) is 14.7. The van der Waals surface area contributed by atoms with Crippen molar-refractivity contribution < 1.29 is 27.8 Å². The second-order valence-electron chi connectivity index (χ2n) is 20.0. The molecule has 0 aliphatic carbocycles. The number of Topliss-reactive ketones (excluding diaryl/α,β-unsaturated/α-hetero) is 2. The van der Waals surface area contributed by atoms with E-state index in [0.29, 0.717) is 55.4 Å². The Bertz CT molecular complexity index is 4620. The summed E-state index contributed by atoms with van der Waals surface area (Å²) in [5.74, 6) is -1.66. The fraction of sp³-hybridized carbons (Fsp3) is 0.138. The molecule has 16 heteroatoms. The quantitative estimate of drug-likeness (QED) is 0.116. The zero-order valence-electron chi connectivity index (χ0n) is 45.3. The van der Waals surface area contributed by atoms with E-state index in [1.807, 2.05) is 146 Å². The van der Waals surface area contributed by atoms with E-state index in [-0.39, 0.29) is 69.7 Å². The van der Waals surface area contributed by atoms with Crippen molar-refractivity contribution in [3.63, 3.8) is 0 Å². The average molecular weight is 1080 g/mol. The molecule has 6 aromatic carbocycles. The van der Waals surface area contributed by atoms with Crippen molar-refractivity contribution in [1.82, 2.24) is 38.6 Å². The summed E-state index contributed by atoms with van der Waals surface area (Å²) in [5, 5.41) is 2.27. The summed E-state index contributed by atoms with van der Waals surface area (Å²) in [5.41, 5.74) is 9.80. The van der Waals surface area contributed by atoms with E-state index in [1.165, 1.54) is 36.9 Å². The van der Waals surface area contributed by atoms with Gasteiger partial charge in [-0.15, -0.1) is 0 Å². The molecule has 0 atom stereocenters. The third kappa shape index (κ3) is 10.0. The molecule has 402 valence electrons. The van der Waals surface area contributed by atoms with Gasteiger partial charge in [-0.25, -0.2) is 28.7 Å². The maximum atomic E-state index is 15.3. The van der Waals surface area contributed by atoms with Crippen molar-refractivity contribution in [1.29, 1.82) is 0 Å². The van der Waals surface area contributed by atoms with Gasteiger partial charge in [0.05, 0.1) is 32.9 Å². The lowest BCUT2D eigenvalue weighted by atomic mass is 9.98. The Morgan fingerprint density at radius 2 is 1.01 bits per heavy atom. The van der Waals surface area contributed by atoms with Crippen LogP contribution in [0.4, 0.5) is 8.78 Å². The molecule has 0 spiro atoms. The second kappa shape index (κ2) is 21.5. The van der Waals surface area contributed by atoms with Crippen molar-refractivity contribution in [3.05, 3.63) is 235 Å². The van der Waals surface area contributed by atoms with Gasteiger partial charge < -0.3 is 28.2 Å². The summed E-state index contributed by atoms with van der Waals surface area (Å²) >= 11 is 0. The number of nitrogens with zero attached hydrogens (tertiary/aromatic N) is 7. The molecule has 0 radical (unpaired) electrons. The lowest BCUT2D eigenvalue weighted by molar-refractivity contribution is 0.0982. The second-order valence-corrected chi connectivity index (χ2v) is 20.0. The largest absolute Gasteiger partial charge is 0.435 e. The van der Waals surface area contributed by atoms with Gasteiger partial charge in [0.2, 0.25) is 11.8 Å². The normalized spacial score (nSPS) is 11.3. The van der Waals surface area contributed by atoms with Crippen LogP contribution >= 0.6 is 0 Å². The maximum Gasteiger partial charge on any atom is 0.232 e. The number of H-pyrrole nitrogens is 1. The first-order chi connectivity index (χ1) is 39.0. The summed E-state index contributed by atoms with van der Waals surface area (Å²) in [6, 6.07) is 39.4. The van der Waals surface area contributed by atoms with Gasteiger partial charge in [0, 0.05) is 79.7 Å². The number of aromatic amines is 1. The van der Waals surface area contributed by atoms with Gasteiger partial charge in [-0.3, -0.25) is 19.2 Å². The minimum absolute atomic E-state index is 0.0302. The van der Waals surface area contributed by atoms with E-state index in [4.69, 9.17) is 9.47 Å². The highest BCUT2D eigenvalue weighted by molar-refractivity contribution is 6.03. The predicted octanol–water partition coefficient (Wildman–Crippen LogP) is 12.9. The molecule has 6 aromatic heterocycles. The van der Waals surface area contributed by atoms with Crippen LogP contribution in [0.2, 0.25) is 0 Å². The molecule has 0 aliphatic heterocycles. The van der Waals surface area contributed by atoms with Crippen LogP contribution in [0.1, 0.15) is 54.4 Å². The Hall–Kier alpha value is -10.2. The van der Waals surface area contributed by atoms with Crippen LogP contribution in [-0.2, 0) is 34.0 Å². The summed E-state index contributed by atoms with van der Waals surface area (Å²) in [7, 11) is 5.53. The number of carbonyl (C=O) groups is 2. The van der Waals surface area contributed by atoms with Gasteiger partial charge in [-0.1, -0.05) is 96.1 Å². The highest BCUT2D eigenvalue weighted by atomic mass is 19.1. The molecule has 1 N–H and O–H groups in total. The zero-order valence-corrected chi connectivity index (χ0v) is 45.3. The van der Waals surface area contributed by atoms with E-state index in [1.54, 1.807) is 38.1 Å². The number of fused-ring (bicyclic) bond motifs is 4. The number of rotatable bonds is 12. The smallest absolute Gasteiger partial charge is 0.232 e. The van der Waals surface area contributed by atoms with Crippen molar-refractivity contribution in [3.8, 4) is 45.5 Å². The number of hydrogen-bond acceptors (Lipinski definition) is 10. The molecule has 0 saturated heterocycles. The van der Waals surface area contributed by atoms with Gasteiger partial charge in [-0.2, -0.15) is 0 Å². The van der Waals surface area contributed by atoms with Crippen LogP contribution in [0.25, 0.3) is 66.1 Å².